The number of benzene rings is 2. The summed E-state index contributed by atoms with van der Waals surface area (Å²) in [4.78, 5) is 28.5. The van der Waals surface area contributed by atoms with Gasteiger partial charge >= 0.3 is 5.97 Å². The third-order valence-corrected chi connectivity index (χ3v) is 4.63. The normalized spacial score (nSPS) is 10.6. The Kier molecular flexibility index (Phi) is 5.80. The number of fused-ring (bicyclic) bond motifs is 1. The number of carbonyl (C=O) groups excluding carboxylic acids is 2. The number of amides is 1. The van der Waals surface area contributed by atoms with Crippen molar-refractivity contribution in [2.45, 2.75) is 13.8 Å². The molecule has 0 unspecified atom stereocenters. The van der Waals surface area contributed by atoms with E-state index in [1.165, 1.54) is 13.2 Å². The van der Waals surface area contributed by atoms with Gasteiger partial charge in [-0.05, 0) is 43.7 Å². The number of nitrogens with zero attached hydrogens (tertiary/aromatic N) is 1. The molecule has 1 N–H and O–H groups in total. The number of ether oxygens (including phenoxy) is 2. The van der Waals surface area contributed by atoms with E-state index in [2.05, 4.69) is 10.3 Å². The summed E-state index contributed by atoms with van der Waals surface area (Å²) in [5, 5.41) is 4.05. The van der Waals surface area contributed by atoms with Crippen LogP contribution in [-0.4, -0.2) is 30.6 Å². The fourth-order valence-corrected chi connectivity index (χ4v) is 2.88. The van der Waals surface area contributed by atoms with Crippen molar-refractivity contribution in [3.05, 3.63) is 64.3 Å². The van der Waals surface area contributed by atoms with E-state index in [0.717, 1.165) is 11.1 Å². The van der Waals surface area contributed by atoms with Gasteiger partial charge in [-0.2, -0.15) is 0 Å². The molecule has 3 rings (SSSR count). The van der Waals surface area contributed by atoms with Gasteiger partial charge < -0.3 is 14.8 Å². The highest BCUT2D eigenvalue weighted by molar-refractivity contribution is 6.31. The summed E-state index contributed by atoms with van der Waals surface area (Å²) in [5.74, 6) is -0.541. The SMILES string of the molecule is COC(=O)c1cc(OCC(=O)Nc2cccc(Cl)c2C)c2cc(C)ccc2n1. The van der Waals surface area contributed by atoms with Gasteiger partial charge in [-0.25, -0.2) is 9.78 Å². The van der Waals surface area contributed by atoms with E-state index in [1.54, 1.807) is 24.3 Å². The summed E-state index contributed by atoms with van der Waals surface area (Å²) in [6, 6.07) is 12.3. The van der Waals surface area contributed by atoms with E-state index < -0.39 is 5.97 Å². The van der Waals surface area contributed by atoms with Gasteiger partial charge in [0.25, 0.3) is 5.91 Å². The van der Waals surface area contributed by atoms with Crippen LogP contribution >= 0.6 is 11.6 Å². The molecule has 0 aliphatic heterocycles. The Morgan fingerprint density at radius 1 is 1.14 bits per heavy atom. The smallest absolute Gasteiger partial charge is 0.356 e. The Bertz CT molecular complexity index is 1070. The number of hydrogen-bond acceptors (Lipinski definition) is 5. The molecule has 0 aliphatic carbocycles. The number of aryl methyl sites for hydroxylation is 1. The van der Waals surface area contributed by atoms with Gasteiger partial charge in [0, 0.05) is 22.2 Å². The van der Waals surface area contributed by atoms with Gasteiger partial charge in [-0.3, -0.25) is 4.79 Å². The number of carbonyl (C=O) groups is 2. The second-order valence-corrected chi connectivity index (χ2v) is 6.67. The lowest BCUT2D eigenvalue weighted by Gasteiger charge is -2.13. The summed E-state index contributed by atoms with van der Waals surface area (Å²) in [6.45, 7) is 3.52. The van der Waals surface area contributed by atoms with E-state index in [9.17, 15) is 9.59 Å². The molecule has 0 fully saturated rings. The molecular formula is C21H19ClN2O4. The average molecular weight is 399 g/mol. The second kappa shape index (κ2) is 8.27. The lowest BCUT2D eigenvalue weighted by atomic mass is 10.1. The number of anilines is 1. The molecule has 7 heteroatoms. The van der Waals surface area contributed by atoms with Crippen molar-refractivity contribution in [2.24, 2.45) is 0 Å². The van der Waals surface area contributed by atoms with Crippen LogP contribution in [0.15, 0.2) is 42.5 Å². The van der Waals surface area contributed by atoms with Crippen LogP contribution in [0.3, 0.4) is 0 Å². The van der Waals surface area contributed by atoms with Gasteiger partial charge in [0.1, 0.15) is 5.75 Å². The molecule has 0 atom stereocenters. The highest BCUT2D eigenvalue weighted by Gasteiger charge is 2.15. The molecular weight excluding hydrogens is 380 g/mol. The van der Waals surface area contributed by atoms with Crippen LogP contribution in [0.25, 0.3) is 10.9 Å². The summed E-state index contributed by atoms with van der Waals surface area (Å²) in [7, 11) is 1.28. The minimum atomic E-state index is -0.577. The lowest BCUT2D eigenvalue weighted by molar-refractivity contribution is -0.118. The monoisotopic (exact) mass is 398 g/mol. The minimum absolute atomic E-state index is 0.111. The third-order valence-electron chi connectivity index (χ3n) is 4.22. The highest BCUT2D eigenvalue weighted by Crippen LogP contribution is 2.27. The van der Waals surface area contributed by atoms with E-state index in [4.69, 9.17) is 21.1 Å². The first-order valence-electron chi connectivity index (χ1n) is 8.56. The quantitative estimate of drug-likeness (QED) is 0.648. The van der Waals surface area contributed by atoms with Crippen LogP contribution in [0, 0.1) is 13.8 Å². The molecule has 1 amide bonds. The van der Waals surface area contributed by atoms with Crippen molar-refractivity contribution in [2.75, 3.05) is 19.0 Å². The molecule has 2 aromatic carbocycles. The van der Waals surface area contributed by atoms with Gasteiger partial charge in [0.15, 0.2) is 12.3 Å². The number of methoxy groups -OCH3 is 1. The predicted molar refractivity (Wildman–Crippen MR) is 108 cm³/mol. The first-order chi connectivity index (χ1) is 13.4. The Balaban J connectivity index is 1.84. The van der Waals surface area contributed by atoms with Gasteiger partial charge in [-0.1, -0.05) is 29.3 Å². The van der Waals surface area contributed by atoms with Gasteiger partial charge in [0.05, 0.1) is 12.6 Å². The molecule has 0 saturated carbocycles. The van der Waals surface area contributed by atoms with Crippen LogP contribution in [0.2, 0.25) is 5.02 Å². The molecule has 3 aromatic rings. The molecule has 1 aromatic heterocycles. The Labute approximate surface area is 167 Å². The molecule has 144 valence electrons. The number of pyridine rings is 1. The highest BCUT2D eigenvalue weighted by atomic mass is 35.5. The zero-order chi connectivity index (χ0) is 20.3. The maximum Gasteiger partial charge on any atom is 0.356 e. The first kappa shape index (κ1) is 19.6. The number of halogens is 1. The molecule has 0 saturated heterocycles. The zero-order valence-corrected chi connectivity index (χ0v) is 16.5. The topological polar surface area (TPSA) is 77.5 Å². The number of esters is 1. The Hall–Kier alpha value is -3.12. The Morgan fingerprint density at radius 2 is 1.93 bits per heavy atom. The molecule has 0 bridgehead atoms. The second-order valence-electron chi connectivity index (χ2n) is 6.27. The fraction of sp³-hybridized carbons (Fsp3) is 0.190. The van der Waals surface area contributed by atoms with Gasteiger partial charge in [0.2, 0.25) is 0 Å². The summed E-state index contributed by atoms with van der Waals surface area (Å²) in [6.07, 6.45) is 0. The summed E-state index contributed by atoms with van der Waals surface area (Å²) >= 11 is 6.08. The van der Waals surface area contributed by atoms with Crippen LogP contribution in [0.1, 0.15) is 21.6 Å². The third kappa shape index (κ3) is 4.23. The predicted octanol–water partition coefficient (Wildman–Crippen LogP) is 4.31. The molecule has 6 nitrogen and oxygen atoms in total. The molecule has 0 spiro atoms. The summed E-state index contributed by atoms with van der Waals surface area (Å²) < 4.78 is 10.5. The Morgan fingerprint density at radius 3 is 2.68 bits per heavy atom. The van der Waals surface area contributed by atoms with Crippen LogP contribution in [0.4, 0.5) is 5.69 Å². The molecule has 0 radical (unpaired) electrons. The molecule has 28 heavy (non-hydrogen) atoms. The van der Waals surface area contributed by atoms with Crippen LogP contribution in [0.5, 0.6) is 5.75 Å². The number of rotatable bonds is 5. The van der Waals surface area contributed by atoms with Crippen molar-refractivity contribution in [1.82, 2.24) is 4.98 Å². The molecule has 0 aliphatic rings. The van der Waals surface area contributed by atoms with E-state index in [1.807, 2.05) is 26.0 Å². The van der Waals surface area contributed by atoms with Crippen molar-refractivity contribution in [3.8, 4) is 5.75 Å². The summed E-state index contributed by atoms with van der Waals surface area (Å²) in [5.41, 5.74) is 3.08. The average Bonchev–Trinajstić information content (AvgIpc) is 2.69. The number of aromatic nitrogens is 1. The standard InChI is InChI=1S/C21H19ClN2O4/c1-12-7-8-17-14(9-12)19(10-18(23-17)21(26)27-3)28-11-20(25)24-16-6-4-5-15(22)13(16)2/h4-10H,11H2,1-3H3,(H,24,25). The van der Waals surface area contributed by atoms with Crippen molar-refractivity contribution in [1.29, 1.82) is 0 Å². The first-order valence-corrected chi connectivity index (χ1v) is 8.94. The van der Waals surface area contributed by atoms with Crippen LogP contribution in [-0.2, 0) is 9.53 Å². The fourth-order valence-electron chi connectivity index (χ4n) is 2.71. The van der Waals surface area contributed by atoms with Crippen LogP contribution < -0.4 is 10.1 Å². The maximum atomic E-state index is 12.3. The zero-order valence-electron chi connectivity index (χ0n) is 15.7. The maximum absolute atomic E-state index is 12.3. The van der Waals surface area contributed by atoms with Gasteiger partial charge in [-0.15, -0.1) is 0 Å². The van der Waals surface area contributed by atoms with E-state index in [-0.39, 0.29) is 18.2 Å². The van der Waals surface area contributed by atoms with Crippen molar-refractivity contribution >= 4 is 40.1 Å². The number of hydrogen-bond donors (Lipinski definition) is 1. The minimum Gasteiger partial charge on any atom is -0.483 e. The van der Waals surface area contributed by atoms with Crippen molar-refractivity contribution < 1.29 is 19.1 Å². The molecule has 1 heterocycles. The van der Waals surface area contributed by atoms with E-state index >= 15 is 0 Å². The van der Waals surface area contributed by atoms with Crippen molar-refractivity contribution in [3.63, 3.8) is 0 Å². The van der Waals surface area contributed by atoms with E-state index in [0.29, 0.717) is 27.4 Å². The number of nitrogens with one attached hydrogen (secondary N) is 1. The lowest BCUT2D eigenvalue weighted by Crippen LogP contribution is -2.21. The largest absolute Gasteiger partial charge is 0.483 e.